The largest absolute Gasteiger partial charge is 0.461 e. The molecule has 286 valence electrons. The number of ether oxygens (including phenoxy) is 2. The first-order valence-corrected chi connectivity index (χ1v) is 17.4. The molecule has 17 nitrogen and oxygen atoms in total. The third-order valence-electron chi connectivity index (χ3n) is 8.84. The molecule has 2 aliphatic rings. The first-order chi connectivity index (χ1) is 24.5. The van der Waals surface area contributed by atoms with Gasteiger partial charge in [0.1, 0.15) is 24.7 Å². The highest BCUT2D eigenvalue weighted by Gasteiger charge is 2.50. The zero-order chi connectivity index (χ0) is 38.7. The van der Waals surface area contributed by atoms with E-state index in [4.69, 9.17) is 15.2 Å². The summed E-state index contributed by atoms with van der Waals surface area (Å²) >= 11 is 0. The van der Waals surface area contributed by atoms with Gasteiger partial charge in [-0.1, -0.05) is 46.8 Å². The van der Waals surface area contributed by atoms with E-state index in [1.54, 1.807) is 58.9 Å². The molecule has 0 aliphatic carbocycles. The number of primary amides is 1. The lowest BCUT2D eigenvalue weighted by atomic mass is 10.0. The van der Waals surface area contributed by atoms with Crippen molar-refractivity contribution >= 4 is 53.1 Å². The minimum Gasteiger partial charge on any atom is -0.461 e. The summed E-state index contributed by atoms with van der Waals surface area (Å²) in [5, 5.41) is 10.6. The zero-order valence-corrected chi connectivity index (χ0v) is 30.6. The van der Waals surface area contributed by atoms with Gasteiger partial charge in [0.2, 0.25) is 35.4 Å². The van der Waals surface area contributed by atoms with Crippen LogP contribution in [-0.4, -0.2) is 108 Å². The number of urea groups is 1. The van der Waals surface area contributed by atoms with Crippen LogP contribution >= 0.6 is 0 Å². The normalized spacial score (nSPS) is 19.8. The number of carbonyl (C=O) groups excluding carboxylic acids is 8. The number of amides is 8. The minimum absolute atomic E-state index is 0.00729. The van der Waals surface area contributed by atoms with Crippen LogP contribution in [0.2, 0.25) is 0 Å². The summed E-state index contributed by atoms with van der Waals surface area (Å²) in [6.45, 7) is 8.29. The number of carbonyl (C=O) groups is 8. The number of nitrogens with zero attached hydrogens (tertiary/aromatic N) is 2. The Kier molecular flexibility index (Phi) is 15.1. The number of nitrogens with two attached hydrogens (primary N) is 1. The van der Waals surface area contributed by atoms with E-state index in [9.17, 15) is 38.4 Å². The first kappa shape index (κ1) is 41.4. The van der Waals surface area contributed by atoms with Crippen LogP contribution in [-0.2, 0) is 49.6 Å². The first-order valence-electron chi connectivity index (χ1n) is 17.4. The predicted molar refractivity (Wildman–Crippen MR) is 187 cm³/mol. The molecular formula is C35H51N7O10. The predicted octanol–water partition coefficient (Wildman–Crippen LogP) is 0.409. The van der Waals surface area contributed by atoms with E-state index in [-0.39, 0.29) is 57.3 Å². The Bertz CT molecular complexity index is 1500. The quantitative estimate of drug-likeness (QED) is 0.0793. The van der Waals surface area contributed by atoms with Gasteiger partial charge in [0.15, 0.2) is 0 Å². The Labute approximate surface area is 303 Å². The SMILES string of the molecule is COC[C@@H]1C[C@H](N2C(=O)CC(C)C2=O)C(=O)N1CC(=O)N[C@H](C(=O)N[C@@H](CCCNC(N)=O)C(=O)Nc1ccc(COC(=O)C(C)C)cc1)C(C)C. The second kappa shape index (κ2) is 19.0. The Balaban J connectivity index is 1.69. The molecule has 1 aromatic rings. The van der Waals surface area contributed by atoms with Crippen LogP contribution in [0.4, 0.5) is 10.5 Å². The van der Waals surface area contributed by atoms with E-state index in [0.29, 0.717) is 11.3 Å². The van der Waals surface area contributed by atoms with Gasteiger partial charge in [-0.3, -0.25) is 38.5 Å². The van der Waals surface area contributed by atoms with E-state index >= 15 is 0 Å². The summed E-state index contributed by atoms with van der Waals surface area (Å²) < 4.78 is 10.5. The van der Waals surface area contributed by atoms with Crippen LogP contribution in [0, 0.1) is 17.8 Å². The molecule has 0 aromatic heterocycles. The Morgan fingerprint density at radius 2 is 1.63 bits per heavy atom. The van der Waals surface area contributed by atoms with E-state index in [0.717, 1.165) is 4.90 Å². The fourth-order valence-electron chi connectivity index (χ4n) is 5.96. The van der Waals surface area contributed by atoms with Gasteiger partial charge in [-0.25, -0.2) is 4.79 Å². The summed E-state index contributed by atoms with van der Waals surface area (Å²) in [5.41, 5.74) is 6.28. The molecule has 0 radical (unpaired) electrons. The number of likely N-dealkylation sites (tertiary alicyclic amines) is 2. The van der Waals surface area contributed by atoms with Crippen molar-refractivity contribution in [1.82, 2.24) is 25.8 Å². The molecule has 2 fully saturated rings. The molecule has 17 heteroatoms. The number of anilines is 1. The fourth-order valence-corrected chi connectivity index (χ4v) is 5.96. The lowest BCUT2D eigenvalue weighted by Crippen LogP contribution is -2.56. The highest BCUT2D eigenvalue weighted by Crippen LogP contribution is 2.30. The topological polar surface area (TPSA) is 236 Å². The average Bonchev–Trinajstić information content (AvgIpc) is 3.51. The van der Waals surface area contributed by atoms with Crippen molar-refractivity contribution in [2.24, 2.45) is 23.5 Å². The van der Waals surface area contributed by atoms with Crippen LogP contribution in [0.15, 0.2) is 24.3 Å². The van der Waals surface area contributed by atoms with E-state index in [1.807, 2.05) is 0 Å². The highest BCUT2D eigenvalue weighted by atomic mass is 16.5. The highest BCUT2D eigenvalue weighted by molar-refractivity contribution is 6.07. The molecule has 2 saturated heterocycles. The van der Waals surface area contributed by atoms with Gasteiger partial charge in [0, 0.05) is 31.7 Å². The monoisotopic (exact) mass is 729 g/mol. The van der Waals surface area contributed by atoms with Gasteiger partial charge in [-0.15, -0.1) is 0 Å². The molecule has 6 N–H and O–H groups in total. The average molecular weight is 730 g/mol. The van der Waals surface area contributed by atoms with Crippen LogP contribution in [0.5, 0.6) is 0 Å². The van der Waals surface area contributed by atoms with E-state index in [2.05, 4.69) is 21.3 Å². The van der Waals surface area contributed by atoms with Gasteiger partial charge in [-0.05, 0) is 42.9 Å². The number of benzene rings is 1. The summed E-state index contributed by atoms with van der Waals surface area (Å²) in [4.78, 5) is 104. The van der Waals surface area contributed by atoms with Crippen molar-refractivity contribution in [2.75, 3.05) is 32.1 Å². The van der Waals surface area contributed by atoms with Gasteiger partial charge < -0.3 is 41.4 Å². The molecule has 2 heterocycles. The van der Waals surface area contributed by atoms with Gasteiger partial charge in [-0.2, -0.15) is 0 Å². The summed E-state index contributed by atoms with van der Waals surface area (Å²) in [6, 6.07) is 2.03. The maximum Gasteiger partial charge on any atom is 0.312 e. The van der Waals surface area contributed by atoms with Crippen molar-refractivity contribution in [3.05, 3.63) is 29.8 Å². The molecule has 0 spiro atoms. The molecule has 5 atom stereocenters. The number of methoxy groups -OCH3 is 1. The van der Waals surface area contributed by atoms with Crippen LogP contribution in [0.1, 0.15) is 65.9 Å². The summed E-state index contributed by atoms with van der Waals surface area (Å²) in [5.74, 6) is -4.92. The van der Waals surface area contributed by atoms with Crippen LogP contribution in [0.25, 0.3) is 0 Å². The number of rotatable bonds is 18. The molecule has 8 amide bonds. The Morgan fingerprint density at radius 1 is 0.962 bits per heavy atom. The number of nitrogens with one attached hydrogen (secondary N) is 4. The van der Waals surface area contributed by atoms with Crippen molar-refractivity contribution in [2.45, 2.75) is 91.1 Å². The number of imide groups is 1. The smallest absolute Gasteiger partial charge is 0.312 e. The maximum atomic E-state index is 13.6. The molecule has 52 heavy (non-hydrogen) atoms. The third kappa shape index (κ3) is 11.2. The minimum atomic E-state index is -1.11. The van der Waals surface area contributed by atoms with E-state index in [1.165, 1.54) is 12.0 Å². The number of hydrogen-bond acceptors (Lipinski definition) is 10. The number of esters is 1. The number of hydrogen-bond donors (Lipinski definition) is 5. The van der Waals surface area contributed by atoms with E-state index < -0.39 is 84.0 Å². The Hall–Kier alpha value is -5.06. The second-order valence-electron chi connectivity index (χ2n) is 13.8. The molecule has 3 rings (SSSR count). The van der Waals surface area contributed by atoms with Crippen LogP contribution in [0.3, 0.4) is 0 Å². The molecule has 0 bridgehead atoms. The Morgan fingerprint density at radius 3 is 2.19 bits per heavy atom. The zero-order valence-electron chi connectivity index (χ0n) is 30.6. The van der Waals surface area contributed by atoms with Gasteiger partial charge in [0.25, 0.3) is 0 Å². The van der Waals surface area contributed by atoms with Gasteiger partial charge >= 0.3 is 12.0 Å². The molecular weight excluding hydrogens is 678 g/mol. The second-order valence-corrected chi connectivity index (χ2v) is 13.8. The van der Waals surface area contributed by atoms with Crippen molar-refractivity contribution < 1.29 is 47.8 Å². The third-order valence-corrected chi connectivity index (χ3v) is 8.84. The van der Waals surface area contributed by atoms with Crippen molar-refractivity contribution in [1.29, 1.82) is 0 Å². The molecule has 0 saturated carbocycles. The van der Waals surface area contributed by atoms with Gasteiger partial charge in [0.05, 0.1) is 25.1 Å². The lowest BCUT2D eigenvalue weighted by Gasteiger charge is -2.28. The van der Waals surface area contributed by atoms with Crippen molar-refractivity contribution in [3.63, 3.8) is 0 Å². The van der Waals surface area contributed by atoms with Crippen LogP contribution < -0.4 is 27.0 Å². The standard InChI is InChI=1S/C35H51N7O10/c1-19(2)29(40-27(43)16-41-24(18-51-6)15-26(33(41)48)42-28(44)14-21(5)32(42)47)31(46)39-25(8-7-13-37-35(36)50)30(45)38-23-11-9-22(10-12-23)17-52-34(49)20(3)4/h9-12,19-21,24-26,29H,7-8,13-18H2,1-6H3,(H,38,45)(H,39,46)(H,40,43)(H3,36,37,50)/t21?,24-,25-,26-,29-/m0/s1. The summed E-state index contributed by atoms with van der Waals surface area (Å²) in [7, 11) is 1.43. The molecule has 2 aliphatic heterocycles. The molecule has 1 unspecified atom stereocenters. The fraction of sp³-hybridized carbons (Fsp3) is 0.600. The van der Waals surface area contributed by atoms with Crippen molar-refractivity contribution in [3.8, 4) is 0 Å². The maximum absolute atomic E-state index is 13.6. The summed E-state index contributed by atoms with van der Waals surface area (Å²) in [6.07, 6.45) is 0.496. The lowest BCUT2D eigenvalue weighted by molar-refractivity contribution is -0.149. The molecule has 1 aromatic carbocycles.